The van der Waals surface area contributed by atoms with Crippen LogP contribution in [0.4, 0.5) is 4.39 Å². The van der Waals surface area contributed by atoms with E-state index in [1.807, 2.05) is 12.1 Å². The molecule has 0 amide bonds. The largest absolute Gasteiger partial charge is 0.478 e. The maximum Gasteiger partial charge on any atom is 0.335 e. The highest BCUT2D eigenvalue weighted by atomic mass is 19.1. The summed E-state index contributed by atoms with van der Waals surface area (Å²) in [4.78, 5) is 14.9. The van der Waals surface area contributed by atoms with Gasteiger partial charge in [0, 0.05) is 6.20 Å². The molecule has 3 atom stereocenters. The van der Waals surface area contributed by atoms with Crippen LogP contribution < -0.4 is 0 Å². The summed E-state index contributed by atoms with van der Waals surface area (Å²) >= 11 is 0. The number of hydrogen-bond acceptors (Lipinski definition) is 2. The normalized spacial score (nSPS) is 21.6. The summed E-state index contributed by atoms with van der Waals surface area (Å²) in [7, 11) is 0. The Morgan fingerprint density at radius 1 is 1.29 bits per heavy atom. The fraction of sp³-hybridized carbons (Fsp3) is 0.400. The summed E-state index contributed by atoms with van der Waals surface area (Å²) in [6.45, 7) is 2.16. The molecule has 1 aliphatic carbocycles. The summed E-state index contributed by atoms with van der Waals surface area (Å²) in [5, 5.41) is 8.95. The van der Waals surface area contributed by atoms with Crippen molar-refractivity contribution in [2.24, 2.45) is 11.8 Å². The van der Waals surface area contributed by atoms with E-state index in [-0.39, 0.29) is 5.82 Å². The predicted octanol–water partition coefficient (Wildman–Crippen LogP) is 4.68. The van der Waals surface area contributed by atoms with Gasteiger partial charge in [-0.25, -0.2) is 9.18 Å². The monoisotopic (exact) mass is 327 g/mol. The van der Waals surface area contributed by atoms with Crippen molar-refractivity contribution in [1.29, 1.82) is 0 Å². The van der Waals surface area contributed by atoms with Gasteiger partial charge in [0.15, 0.2) is 0 Å². The Bertz CT molecular complexity index is 714. The van der Waals surface area contributed by atoms with Gasteiger partial charge >= 0.3 is 5.97 Å². The van der Waals surface area contributed by atoms with Gasteiger partial charge in [0.1, 0.15) is 5.82 Å². The van der Waals surface area contributed by atoms with Crippen LogP contribution in [0.1, 0.15) is 53.6 Å². The zero-order valence-corrected chi connectivity index (χ0v) is 13.8. The number of aromatic carboxylic acids is 1. The van der Waals surface area contributed by atoms with E-state index in [0.717, 1.165) is 24.8 Å². The molecule has 1 saturated carbocycles. The van der Waals surface area contributed by atoms with Crippen molar-refractivity contribution in [2.45, 2.75) is 38.5 Å². The van der Waals surface area contributed by atoms with Crippen molar-refractivity contribution in [2.75, 3.05) is 0 Å². The van der Waals surface area contributed by atoms with Crippen LogP contribution in [0, 0.1) is 17.7 Å². The van der Waals surface area contributed by atoms with Gasteiger partial charge in [-0.1, -0.05) is 19.1 Å². The molecular weight excluding hydrogens is 305 g/mol. The van der Waals surface area contributed by atoms with Crippen molar-refractivity contribution in [3.63, 3.8) is 0 Å². The third kappa shape index (κ3) is 3.81. The Labute approximate surface area is 141 Å². The maximum absolute atomic E-state index is 13.4. The highest BCUT2D eigenvalue weighted by Crippen LogP contribution is 2.41. The summed E-state index contributed by atoms with van der Waals surface area (Å²) in [5.74, 6) is 0.312. The third-order valence-corrected chi connectivity index (χ3v) is 5.27. The number of halogens is 1. The molecular formula is C20H22FNO2. The molecule has 0 spiro atoms. The Kier molecular flexibility index (Phi) is 4.93. The first-order valence-corrected chi connectivity index (χ1v) is 8.45. The molecule has 1 heterocycles. The highest BCUT2D eigenvalue weighted by molar-refractivity contribution is 5.87. The van der Waals surface area contributed by atoms with Gasteiger partial charge < -0.3 is 5.11 Å². The van der Waals surface area contributed by atoms with Crippen LogP contribution in [-0.4, -0.2) is 16.1 Å². The van der Waals surface area contributed by atoms with E-state index in [4.69, 9.17) is 5.11 Å². The van der Waals surface area contributed by atoms with Crippen LogP contribution in [0.15, 0.2) is 42.7 Å². The zero-order valence-electron chi connectivity index (χ0n) is 13.8. The van der Waals surface area contributed by atoms with E-state index in [9.17, 15) is 9.18 Å². The van der Waals surface area contributed by atoms with Crippen LogP contribution in [0.25, 0.3) is 0 Å². The molecule has 1 aliphatic rings. The topological polar surface area (TPSA) is 50.2 Å². The number of carbonyl (C=O) groups is 1. The first kappa shape index (κ1) is 16.6. The second kappa shape index (κ2) is 7.12. The Hall–Kier alpha value is -2.23. The van der Waals surface area contributed by atoms with Gasteiger partial charge in [-0.2, -0.15) is 0 Å². The lowest BCUT2D eigenvalue weighted by atomic mass is 9.86. The van der Waals surface area contributed by atoms with E-state index in [1.54, 1.807) is 24.4 Å². The average molecular weight is 327 g/mol. The lowest BCUT2D eigenvalue weighted by molar-refractivity contribution is 0.0697. The molecule has 1 aromatic heterocycles. The molecule has 126 valence electrons. The van der Waals surface area contributed by atoms with Crippen LogP contribution in [-0.2, 0) is 6.42 Å². The molecule has 4 heteroatoms. The fourth-order valence-electron chi connectivity index (χ4n) is 3.82. The molecule has 0 aliphatic heterocycles. The van der Waals surface area contributed by atoms with Crippen LogP contribution in [0.2, 0.25) is 0 Å². The quantitative estimate of drug-likeness (QED) is 0.867. The summed E-state index contributed by atoms with van der Waals surface area (Å²) in [6, 6.07) is 8.76. The number of rotatable bonds is 5. The Morgan fingerprint density at radius 3 is 2.71 bits per heavy atom. The van der Waals surface area contributed by atoms with Gasteiger partial charge in [-0.15, -0.1) is 0 Å². The van der Waals surface area contributed by atoms with Crippen molar-refractivity contribution < 1.29 is 14.3 Å². The summed E-state index contributed by atoms with van der Waals surface area (Å²) in [6.07, 6.45) is 7.43. The number of benzene rings is 1. The van der Waals surface area contributed by atoms with E-state index < -0.39 is 5.97 Å². The first-order valence-electron chi connectivity index (χ1n) is 8.45. The van der Waals surface area contributed by atoms with Crippen molar-refractivity contribution in [1.82, 2.24) is 4.98 Å². The van der Waals surface area contributed by atoms with Crippen LogP contribution in [0.5, 0.6) is 0 Å². The number of carboxylic acids is 1. The molecule has 2 aromatic rings. The third-order valence-electron chi connectivity index (χ3n) is 5.27. The van der Waals surface area contributed by atoms with Gasteiger partial charge in [-0.3, -0.25) is 4.98 Å². The first-order chi connectivity index (χ1) is 11.5. The molecule has 3 rings (SSSR count). The standard InChI is InChI=1S/C20H22FNO2/c1-13(18-10-19(21)12-22-11-18)17-7-4-15(9-17)8-14-2-5-16(6-3-14)20(23)24/h2-3,5-6,10-13,15,17H,4,7-9H2,1H3,(H,23,24)/t13-,15?,17-/m0/s1. The van der Waals surface area contributed by atoms with Crippen molar-refractivity contribution >= 4 is 5.97 Å². The van der Waals surface area contributed by atoms with Gasteiger partial charge in [0.25, 0.3) is 0 Å². The minimum atomic E-state index is -0.889. The number of carboxylic acid groups (broad SMARTS) is 1. The minimum Gasteiger partial charge on any atom is -0.478 e. The summed E-state index contributed by atoms with van der Waals surface area (Å²) in [5.41, 5.74) is 2.49. The van der Waals surface area contributed by atoms with Crippen LogP contribution in [0.3, 0.4) is 0 Å². The molecule has 3 nitrogen and oxygen atoms in total. The number of aromatic nitrogens is 1. The molecule has 0 radical (unpaired) electrons. The number of pyridine rings is 1. The smallest absolute Gasteiger partial charge is 0.335 e. The Balaban J connectivity index is 1.60. The van der Waals surface area contributed by atoms with Gasteiger partial charge in [0.05, 0.1) is 11.8 Å². The maximum atomic E-state index is 13.4. The molecule has 0 saturated heterocycles. The van der Waals surface area contributed by atoms with Gasteiger partial charge in [-0.05, 0) is 72.8 Å². The molecule has 24 heavy (non-hydrogen) atoms. The fourth-order valence-corrected chi connectivity index (χ4v) is 3.82. The number of nitrogens with zero attached hydrogens (tertiary/aromatic N) is 1. The second-order valence-corrected chi connectivity index (χ2v) is 6.87. The van der Waals surface area contributed by atoms with E-state index in [2.05, 4.69) is 11.9 Å². The minimum absolute atomic E-state index is 0.271. The molecule has 1 unspecified atom stereocenters. The Morgan fingerprint density at radius 2 is 2.04 bits per heavy atom. The summed E-state index contributed by atoms with van der Waals surface area (Å²) < 4.78 is 13.4. The zero-order chi connectivity index (χ0) is 17.1. The predicted molar refractivity (Wildman–Crippen MR) is 90.5 cm³/mol. The average Bonchev–Trinajstić information content (AvgIpc) is 3.03. The van der Waals surface area contributed by atoms with Crippen molar-refractivity contribution in [3.05, 3.63) is 65.2 Å². The van der Waals surface area contributed by atoms with E-state index in [1.165, 1.54) is 18.2 Å². The molecule has 1 N–H and O–H groups in total. The molecule has 0 bridgehead atoms. The van der Waals surface area contributed by atoms with E-state index in [0.29, 0.717) is 23.3 Å². The van der Waals surface area contributed by atoms with Gasteiger partial charge in [0.2, 0.25) is 0 Å². The SMILES string of the molecule is C[C@H](c1cncc(F)c1)[C@H]1CCC(Cc2ccc(C(=O)O)cc2)C1. The highest BCUT2D eigenvalue weighted by Gasteiger charge is 2.29. The lowest BCUT2D eigenvalue weighted by Crippen LogP contribution is -2.08. The number of hydrogen-bond donors (Lipinski definition) is 1. The lowest BCUT2D eigenvalue weighted by Gasteiger charge is -2.19. The molecule has 1 fully saturated rings. The molecule has 1 aromatic carbocycles. The van der Waals surface area contributed by atoms with Crippen LogP contribution >= 0.6 is 0 Å². The van der Waals surface area contributed by atoms with Crippen molar-refractivity contribution in [3.8, 4) is 0 Å². The van der Waals surface area contributed by atoms with E-state index >= 15 is 0 Å². The second-order valence-electron chi connectivity index (χ2n) is 6.87.